The highest BCUT2D eigenvalue weighted by Gasteiger charge is 2.39. The number of halogens is 1. The van der Waals surface area contributed by atoms with Crippen molar-refractivity contribution in [2.45, 2.75) is 0 Å². The molecular formula is CH6FO9P3. The molecule has 0 aromatic carbocycles. The maximum Gasteiger partial charge on any atom is 0.488 e. The molecule has 0 amide bonds. The third-order valence-corrected chi connectivity index (χ3v) is 4.42. The Morgan fingerprint density at radius 3 is 1.71 bits per heavy atom. The van der Waals surface area contributed by atoms with E-state index in [2.05, 4.69) is 8.62 Å². The number of hydrogen-bond donors (Lipinski definition) is 4. The number of hydrogen-bond acceptors (Lipinski definition) is 5. The fourth-order valence-electron chi connectivity index (χ4n) is 0.332. The molecule has 4 N–H and O–H groups in total. The van der Waals surface area contributed by atoms with Gasteiger partial charge in [-0.1, -0.05) is 0 Å². The molecule has 2 unspecified atom stereocenters. The summed E-state index contributed by atoms with van der Waals surface area (Å²) in [6.45, 7) is 0. The lowest BCUT2D eigenvalue weighted by atomic mass is 11.8. The smallest absolute Gasteiger partial charge is 0.322 e. The van der Waals surface area contributed by atoms with Crippen LogP contribution < -0.4 is 0 Å². The topological polar surface area (TPSA) is 151 Å². The van der Waals surface area contributed by atoms with Gasteiger partial charge in [-0.25, -0.2) is 17.8 Å². The van der Waals surface area contributed by atoms with Crippen molar-refractivity contribution in [2.24, 2.45) is 0 Å². The zero-order valence-corrected chi connectivity index (χ0v) is 8.94. The van der Waals surface area contributed by atoms with Crippen molar-refractivity contribution >= 4 is 23.2 Å². The summed E-state index contributed by atoms with van der Waals surface area (Å²) in [5.41, 5.74) is 0. The van der Waals surface area contributed by atoms with E-state index in [-0.39, 0.29) is 0 Å². The Kier molecular flexibility index (Phi) is 4.61. The van der Waals surface area contributed by atoms with Crippen LogP contribution in [0.3, 0.4) is 0 Å². The van der Waals surface area contributed by atoms with E-state index in [4.69, 9.17) is 19.6 Å². The van der Waals surface area contributed by atoms with E-state index >= 15 is 0 Å². The van der Waals surface area contributed by atoms with Gasteiger partial charge < -0.3 is 19.6 Å². The first-order valence-corrected chi connectivity index (χ1v) is 7.45. The Labute approximate surface area is 76.9 Å². The minimum Gasteiger partial charge on any atom is -0.322 e. The first-order chi connectivity index (χ1) is 5.97. The van der Waals surface area contributed by atoms with Crippen LogP contribution >= 0.6 is 23.2 Å². The van der Waals surface area contributed by atoms with Crippen LogP contribution in [0.15, 0.2) is 0 Å². The molecule has 0 saturated heterocycles. The van der Waals surface area contributed by atoms with E-state index in [1.807, 2.05) is 0 Å². The lowest BCUT2D eigenvalue weighted by Crippen LogP contribution is -1.93. The molecule has 0 aliphatic heterocycles. The van der Waals surface area contributed by atoms with Crippen molar-refractivity contribution in [3.05, 3.63) is 0 Å². The van der Waals surface area contributed by atoms with Gasteiger partial charge in [0.05, 0.1) is 0 Å². The predicted molar refractivity (Wildman–Crippen MR) is 39.8 cm³/mol. The largest absolute Gasteiger partial charge is 0.488 e. The zero-order chi connectivity index (χ0) is 11.6. The minimum absolute atomic E-state index is 2.00. The molecule has 9 nitrogen and oxygen atoms in total. The molecule has 0 saturated carbocycles. The van der Waals surface area contributed by atoms with Gasteiger partial charge in [0.2, 0.25) is 0 Å². The molecule has 2 atom stereocenters. The van der Waals surface area contributed by atoms with Gasteiger partial charge in [0.25, 0.3) is 0 Å². The van der Waals surface area contributed by atoms with Gasteiger partial charge in [-0.15, -0.1) is 0 Å². The Bertz CT molecular complexity index is 329. The minimum atomic E-state index is -5.47. The first-order valence-electron chi connectivity index (χ1n) is 2.66. The molecule has 0 aromatic heterocycles. The molecule has 14 heavy (non-hydrogen) atoms. The Morgan fingerprint density at radius 1 is 1.00 bits per heavy atom. The van der Waals surface area contributed by atoms with E-state index in [0.717, 1.165) is 0 Å². The zero-order valence-electron chi connectivity index (χ0n) is 6.26. The van der Waals surface area contributed by atoms with Crippen LogP contribution in [-0.4, -0.2) is 26.0 Å². The summed E-state index contributed by atoms with van der Waals surface area (Å²) in [7, 11) is -15.9. The molecular weight excluding hydrogens is 268 g/mol. The Morgan fingerprint density at radius 2 is 1.43 bits per heavy atom. The molecule has 0 aliphatic rings. The second-order valence-corrected chi connectivity index (χ2v) is 6.62. The molecule has 86 valence electrons. The molecule has 0 aliphatic carbocycles. The average molecular weight is 274 g/mol. The summed E-state index contributed by atoms with van der Waals surface area (Å²) in [4.78, 5) is 32.9. The van der Waals surface area contributed by atoms with E-state index in [1.165, 1.54) is 0 Å². The maximum atomic E-state index is 11.6. The van der Waals surface area contributed by atoms with Crippen LogP contribution in [0.4, 0.5) is 4.39 Å². The highest BCUT2D eigenvalue weighted by Crippen LogP contribution is 2.65. The molecule has 0 spiro atoms. The highest BCUT2D eigenvalue weighted by molar-refractivity contribution is 7.68. The highest BCUT2D eigenvalue weighted by atomic mass is 31.3. The van der Waals surface area contributed by atoms with Gasteiger partial charge in [-0.2, -0.15) is 4.31 Å². The van der Waals surface area contributed by atoms with Crippen molar-refractivity contribution in [2.75, 3.05) is 6.42 Å². The van der Waals surface area contributed by atoms with E-state index in [0.29, 0.717) is 0 Å². The van der Waals surface area contributed by atoms with Crippen molar-refractivity contribution in [1.82, 2.24) is 0 Å². The summed E-state index contributed by atoms with van der Waals surface area (Å²) in [5.74, 6) is 0. The number of alkyl halides is 1. The van der Waals surface area contributed by atoms with E-state index in [1.54, 1.807) is 0 Å². The third kappa shape index (κ3) is 6.78. The van der Waals surface area contributed by atoms with Gasteiger partial charge >= 0.3 is 23.2 Å². The fourth-order valence-corrected chi connectivity index (χ4v) is 3.26. The molecule has 0 bridgehead atoms. The van der Waals surface area contributed by atoms with Crippen LogP contribution in [0.2, 0.25) is 0 Å². The summed E-state index contributed by atoms with van der Waals surface area (Å²) in [5, 5.41) is 0. The monoisotopic (exact) mass is 274 g/mol. The van der Waals surface area contributed by atoms with Crippen LogP contribution in [0.25, 0.3) is 0 Å². The van der Waals surface area contributed by atoms with Crippen molar-refractivity contribution in [1.29, 1.82) is 0 Å². The second-order valence-electron chi connectivity index (χ2n) is 1.88. The van der Waals surface area contributed by atoms with Crippen molar-refractivity contribution < 1.29 is 46.3 Å². The van der Waals surface area contributed by atoms with Crippen molar-refractivity contribution in [3.63, 3.8) is 0 Å². The lowest BCUT2D eigenvalue weighted by Gasteiger charge is -2.13. The summed E-state index contributed by atoms with van der Waals surface area (Å²) >= 11 is 0. The standard InChI is InChI=1S/CH6FO9P3/c2-1-12(3,4)10-14(8,9)11-13(5,6)7/h1H2,(H,3,4)(H,8,9)(H2,5,6,7). The number of phosphoric acid groups is 2. The maximum absolute atomic E-state index is 11.6. The van der Waals surface area contributed by atoms with Gasteiger partial charge in [-0.3, -0.25) is 4.57 Å². The SMILES string of the molecule is O=P(O)(O)OP(=O)(O)OP(=O)(O)CF. The van der Waals surface area contributed by atoms with E-state index < -0.39 is 29.7 Å². The third-order valence-electron chi connectivity index (χ3n) is 0.591. The summed E-state index contributed by atoms with van der Waals surface area (Å²) < 4.78 is 48.9. The van der Waals surface area contributed by atoms with Crippen LogP contribution in [0.1, 0.15) is 0 Å². The van der Waals surface area contributed by atoms with Crippen LogP contribution in [0, 0.1) is 0 Å². The van der Waals surface area contributed by atoms with Gasteiger partial charge in [-0.05, 0) is 0 Å². The summed E-state index contributed by atoms with van der Waals surface area (Å²) in [6, 6.07) is 0. The molecule has 0 aromatic rings. The van der Waals surface area contributed by atoms with Gasteiger partial charge in [0.1, 0.15) is 0 Å². The van der Waals surface area contributed by atoms with Gasteiger partial charge in [0.15, 0.2) is 6.42 Å². The fraction of sp³-hybridized carbons (Fsp3) is 1.00. The molecule has 13 heteroatoms. The summed E-state index contributed by atoms with van der Waals surface area (Å²) in [6.07, 6.45) is -2.00. The Hall–Kier alpha value is 0.380. The first kappa shape index (κ1) is 14.4. The lowest BCUT2D eigenvalue weighted by molar-refractivity contribution is 0.220. The second kappa shape index (κ2) is 4.49. The quantitative estimate of drug-likeness (QED) is 0.519. The molecule has 0 rings (SSSR count). The Balaban J connectivity index is 4.60. The molecule has 0 radical (unpaired) electrons. The van der Waals surface area contributed by atoms with Crippen LogP contribution in [-0.2, 0) is 22.3 Å². The molecule has 0 heterocycles. The van der Waals surface area contributed by atoms with E-state index in [9.17, 15) is 18.1 Å². The molecule has 0 fully saturated rings. The van der Waals surface area contributed by atoms with Crippen molar-refractivity contribution in [3.8, 4) is 0 Å². The normalized spacial score (nSPS) is 21.2. The number of rotatable bonds is 5. The van der Waals surface area contributed by atoms with Crippen LogP contribution in [0.5, 0.6) is 0 Å². The average Bonchev–Trinajstić information content (AvgIpc) is 1.78. The predicted octanol–water partition coefficient (Wildman–Crippen LogP) is 0.325. The van der Waals surface area contributed by atoms with Gasteiger partial charge in [0, 0.05) is 0 Å².